The van der Waals surface area contributed by atoms with Crippen LogP contribution in [0.2, 0.25) is 0 Å². The zero-order valence-corrected chi connectivity index (χ0v) is 11.2. The number of hydrogen-bond acceptors (Lipinski definition) is 4. The van der Waals surface area contributed by atoms with Crippen LogP contribution in [0.4, 0.5) is 0 Å². The van der Waals surface area contributed by atoms with Crippen molar-refractivity contribution < 1.29 is 14.7 Å². The molecule has 0 saturated carbocycles. The first-order valence-corrected chi connectivity index (χ1v) is 5.96. The topological polar surface area (TPSA) is 92.5 Å². The molecule has 7 heteroatoms. The summed E-state index contributed by atoms with van der Waals surface area (Å²) in [6, 6.07) is 1.61. The Labute approximate surface area is 110 Å². The molecule has 0 fully saturated rings. The van der Waals surface area contributed by atoms with E-state index in [4.69, 9.17) is 5.11 Å². The minimum Gasteiger partial charge on any atom is -0.480 e. The van der Waals surface area contributed by atoms with Crippen LogP contribution < -0.4 is 5.56 Å². The number of carboxylic acid groups (broad SMARTS) is 1. The number of carbonyl (C=O) groups excluding carboxylic acids is 1. The van der Waals surface area contributed by atoms with E-state index in [1.165, 1.54) is 30.8 Å². The number of rotatable bonds is 5. The fourth-order valence-corrected chi connectivity index (χ4v) is 1.46. The first kappa shape index (κ1) is 14.9. The van der Waals surface area contributed by atoms with Gasteiger partial charge in [-0.15, -0.1) is 0 Å². The lowest BCUT2D eigenvalue weighted by molar-refractivity contribution is -0.141. The Morgan fingerprint density at radius 3 is 2.63 bits per heavy atom. The lowest BCUT2D eigenvalue weighted by atomic mass is 10.2. The van der Waals surface area contributed by atoms with Crippen molar-refractivity contribution >= 4 is 11.9 Å². The molecule has 0 bridgehead atoms. The van der Waals surface area contributed by atoms with Gasteiger partial charge in [0.2, 0.25) is 0 Å². The summed E-state index contributed by atoms with van der Waals surface area (Å²) in [5.74, 6) is -1.63. The highest BCUT2D eigenvalue weighted by Gasteiger charge is 2.24. The van der Waals surface area contributed by atoms with E-state index >= 15 is 0 Å². The monoisotopic (exact) mass is 267 g/mol. The van der Waals surface area contributed by atoms with Crippen LogP contribution in [0.1, 0.15) is 30.8 Å². The van der Waals surface area contributed by atoms with Gasteiger partial charge in [-0.05, 0) is 19.4 Å². The normalized spacial score (nSPS) is 11.9. The average Bonchev–Trinajstić information content (AvgIpc) is 2.38. The van der Waals surface area contributed by atoms with E-state index in [9.17, 15) is 14.4 Å². The molecular formula is C12H17N3O4. The van der Waals surface area contributed by atoms with Crippen molar-refractivity contribution in [2.45, 2.75) is 32.9 Å². The van der Waals surface area contributed by atoms with Crippen LogP contribution in [-0.2, 0) is 11.3 Å². The van der Waals surface area contributed by atoms with E-state index in [1.54, 1.807) is 0 Å². The molecule has 0 aliphatic rings. The molecule has 1 amide bonds. The van der Waals surface area contributed by atoms with Gasteiger partial charge in [-0.2, -0.15) is 5.10 Å². The Bertz CT molecular complexity index is 538. The summed E-state index contributed by atoms with van der Waals surface area (Å²) >= 11 is 0. The van der Waals surface area contributed by atoms with Crippen LogP contribution in [0, 0.1) is 0 Å². The molecule has 1 aromatic heterocycles. The average molecular weight is 267 g/mol. The van der Waals surface area contributed by atoms with E-state index in [0.29, 0.717) is 13.0 Å². The molecule has 7 nitrogen and oxygen atoms in total. The molecule has 1 rings (SSSR count). The van der Waals surface area contributed by atoms with Gasteiger partial charge in [0.1, 0.15) is 11.7 Å². The van der Waals surface area contributed by atoms with Crippen molar-refractivity contribution in [2.75, 3.05) is 7.05 Å². The highest BCUT2D eigenvalue weighted by molar-refractivity contribution is 5.94. The van der Waals surface area contributed by atoms with Crippen LogP contribution in [0.5, 0.6) is 0 Å². The molecule has 1 aromatic rings. The fourth-order valence-electron chi connectivity index (χ4n) is 1.46. The number of aromatic nitrogens is 2. The van der Waals surface area contributed by atoms with Gasteiger partial charge in [-0.1, -0.05) is 6.92 Å². The molecule has 19 heavy (non-hydrogen) atoms. The van der Waals surface area contributed by atoms with Crippen LogP contribution >= 0.6 is 0 Å². The third-order valence-electron chi connectivity index (χ3n) is 2.78. The van der Waals surface area contributed by atoms with E-state index in [1.807, 2.05) is 6.92 Å². The standard InChI is InChI=1S/C12H17N3O4/c1-4-7-15-10(16)6-5-9(13-15)11(17)14(3)8(2)12(18)19/h5-6,8H,4,7H2,1-3H3,(H,18,19). The number of amides is 1. The van der Waals surface area contributed by atoms with Crippen molar-refractivity contribution in [1.29, 1.82) is 0 Å². The summed E-state index contributed by atoms with van der Waals surface area (Å²) in [5.41, 5.74) is -0.226. The third kappa shape index (κ3) is 3.40. The van der Waals surface area contributed by atoms with Gasteiger partial charge in [-0.25, -0.2) is 9.48 Å². The second kappa shape index (κ2) is 6.12. The summed E-state index contributed by atoms with van der Waals surface area (Å²) in [6.07, 6.45) is 0.714. The Morgan fingerprint density at radius 2 is 2.11 bits per heavy atom. The molecule has 1 heterocycles. The minimum absolute atomic E-state index is 0.0589. The number of aliphatic carboxylic acids is 1. The van der Waals surface area contributed by atoms with Gasteiger partial charge >= 0.3 is 5.97 Å². The minimum atomic E-state index is -1.10. The maximum absolute atomic E-state index is 12.0. The molecule has 1 N–H and O–H groups in total. The third-order valence-corrected chi connectivity index (χ3v) is 2.78. The number of hydrogen-bond donors (Lipinski definition) is 1. The Morgan fingerprint density at radius 1 is 1.47 bits per heavy atom. The van der Waals surface area contributed by atoms with Gasteiger partial charge in [0.15, 0.2) is 0 Å². The molecule has 0 aromatic carbocycles. The molecule has 104 valence electrons. The lowest BCUT2D eigenvalue weighted by Gasteiger charge is -2.21. The molecule has 0 aliphatic heterocycles. The summed E-state index contributed by atoms with van der Waals surface area (Å²) in [7, 11) is 1.39. The van der Waals surface area contributed by atoms with E-state index in [-0.39, 0.29) is 11.3 Å². The quantitative estimate of drug-likeness (QED) is 0.822. The van der Waals surface area contributed by atoms with Gasteiger partial charge in [-0.3, -0.25) is 9.59 Å². The summed E-state index contributed by atoms with van der Waals surface area (Å²) in [5, 5.41) is 12.8. The second-order valence-corrected chi connectivity index (χ2v) is 4.21. The fraction of sp³-hybridized carbons (Fsp3) is 0.500. The van der Waals surface area contributed by atoms with Crippen molar-refractivity contribution in [3.05, 3.63) is 28.2 Å². The maximum Gasteiger partial charge on any atom is 0.326 e. The maximum atomic E-state index is 12.0. The first-order chi connectivity index (χ1) is 8.88. The molecule has 0 radical (unpaired) electrons. The molecular weight excluding hydrogens is 250 g/mol. The molecule has 1 unspecified atom stereocenters. The van der Waals surface area contributed by atoms with E-state index in [0.717, 1.165) is 4.90 Å². The van der Waals surface area contributed by atoms with Gasteiger partial charge < -0.3 is 10.0 Å². The molecule has 0 spiro atoms. The Balaban J connectivity index is 3.03. The lowest BCUT2D eigenvalue weighted by Crippen LogP contribution is -2.41. The van der Waals surface area contributed by atoms with Crippen molar-refractivity contribution in [3.63, 3.8) is 0 Å². The molecule has 0 aliphatic carbocycles. The van der Waals surface area contributed by atoms with Crippen LogP contribution in [0.25, 0.3) is 0 Å². The van der Waals surface area contributed by atoms with Crippen molar-refractivity contribution in [3.8, 4) is 0 Å². The number of carbonyl (C=O) groups is 2. The highest BCUT2D eigenvalue weighted by atomic mass is 16.4. The number of aryl methyl sites for hydroxylation is 1. The summed E-state index contributed by atoms with van der Waals surface area (Å²) in [4.78, 5) is 35.4. The summed E-state index contributed by atoms with van der Waals surface area (Å²) < 4.78 is 1.20. The van der Waals surface area contributed by atoms with E-state index < -0.39 is 17.9 Å². The van der Waals surface area contributed by atoms with Gasteiger partial charge in [0, 0.05) is 19.7 Å². The number of likely N-dealkylation sites (N-methyl/N-ethyl adjacent to an activating group) is 1. The van der Waals surface area contributed by atoms with Crippen LogP contribution in [0.3, 0.4) is 0 Å². The second-order valence-electron chi connectivity index (χ2n) is 4.21. The van der Waals surface area contributed by atoms with E-state index in [2.05, 4.69) is 5.10 Å². The highest BCUT2D eigenvalue weighted by Crippen LogP contribution is 2.03. The summed E-state index contributed by atoms with van der Waals surface area (Å²) in [6.45, 7) is 3.71. The first-order valence-electron chi connectivity index (χ1n) is 5.96. The smallest absolute Gasteiger partial charge is 0.326 e. The predicted molar refractivity (Wildman–Crippen MR) is 68.0 cm³/mol. The van der Waals surface area contributed by atoms with Crippen LogP contribution in [-0.4, -0.2) is 44.8 Å². The van der Waals surface area contributed by atoms with Gasteiger partial charge in [0.05, 0.1) is 0 Å². The SMILES string of the molecule is CCCn1nc(C(=O)N(C)C(C)C(=O)O)ccc1=O. The van der Waals surface area contributed by atoms with Crippen molar-refractivity contribution in [1.82, 2.24) is 14.7 Å². The number of carboxylic acids is 1. The Hall–Kier alpha value is -2.18. The van der Waals surface area contributed by atoms with Crippen LogP contribution in [0.15, 0.2) is 16.9 Å². The largest absolute Gasteiger partial charge is 0.480 e. The zero-order valence-electron chi connectivity index (χ0n) is 11.2. The Kier molecular flexibility index (Phi) is 4.80. The molecule has 1 atom stereocenters. The van der Waals surface area contributed by atoms with Gasteiger partial charge in [0.25, 0.3) is 11.5 Å². The molecule has 0 saturated heterocycles. The zero-order chi connectivity index (χ0) is 14.6. The number of nitrogens with zero attached hydrogens (tertiary/aromatic N) is 3. The predicted octanol–water partition coefficient (Wildman–Crippen LogP) is 0.198. The van der Waals surface area contributed by atoms with Crippen molar-refractivity contribution in [2.24, 2.45) is 0 Å².